The highest BCUT2D eigenvalue weighted by atomic mass is 79.9. The molecular formula is C18H19BrN2O2. The number of halogens is 1. The average molecular weight is 375 g/mol. The van der Waals surface area contributed by atoms with Crippen LogP contribution in [-0.2, 0) is 0 Å². The Morgan fingerprint density at radius 1 is 0.913 bits per heavy atom. The Labute approximate surface area is 144 Å². The van der Waals surface area contributed by atoms with E-state index in [1.807, 2.05) is 32.9 Å². The summed E-state index contributed by atoms with van der Waals surface area (Å²) in [7, 11) is 0. The molecule has 0 atom stereocenters. The van der Waals surface area contributed by atoms with E-state index in [0.717, 1.165) is 4.47 Å². The van der Waals surface area contributed by atoms with Crippen LogP contribution in [0.2, 0.25) is 0 Å². The molecule has 0 bridgehead atoms. The fraction of sp³-hybridized carbons (Fsp3) is 0.222. The first-order chi connectivity index (χ1) is 10.7. The first-order valence-electron chi connectivity index (χ1n) is 7.24. The maximum atomic E-state index is 12.2. The molecule has 0 spiro atoms. The summed E-state index contributed by atoms with van der Waals surface area (Å²) in [5, 5.41) is 5.70. The van der Waals surface area contributed by atoms with E-state index >= 15 is 0 Å². The van der Waals surface area contributed by atoms with Gasteiger partial charge in [-0.1, -0.05) is 22.0 Å². The van der Waals surface area contributed by atoms with Gasteiger partial charge in [0.15, 0.2) is 0 Å². The number of hydrogen-bond donors (Lipinski definition) is 2. The van der Waals surface area contributed by atoms with E-state index in [1.165, 1.54) is 0 Å². The van der Waals surface area contributed by atoms with Gasteiger partial charge in [0, 0.05) is 26.8 Å². The smallest absolute Gasteiger partial charge is 0.255 e. The highest BCUT2D eigenvalue weighted by molar-refractivity contribution is 9.10. The van der Waals surface area contributed by atoms with Gasteiger partial charge in [0.2, 0.25) is 0 Å². The lowest BCUT2D eigenvalue weighted by Crippen LogP contribution is -2.40. The van der Waals surface area contributed by atoms with Crippen molar-refractivity contribution in [3.8, 4) is 0 Å². The van der Waals surface area contributed by atoms with Crippen LogP contribution < -0.4 is 10.6 Å². The predicted molar refractivity (Wildman–Crippen MR) is 95.8 cm³/mol. The van der Waals surface area contributed by atoms with Crippen LogP contribution in [0.3, 0.4) is 0 Å². The zero-order chi connectivity index (χ0) is 17.0. The normalized spacial score (nSPS) is 11.0. The molecule has 0 aromatic heterocycles. The summed E-state index contributed by atoms with van der Waals surface area (Å²) in [6, 6.07) is 14.0. The molecule has 2 amide bonds. The summed E-state index contributed by atoms with van der Waals surface area (Å²) < 4.78 is 0.912. The molecule has 5 heteroatoms. The Hall–Kier alpha value is -2.14. The number of carbonyl (C=O) groups is 2. The van der Waals surface area contributed by atoms with E-state index in [4.69, 9.17) is 0 Å². The zero-order valence-corrected chi connectivity index (χ0v) is 14.9. The summed E-state index contributed by atoms with van der Waals surface area (Å²) in [5.41, 5.74) is 1.33. The van der Waals surface area contributed by atoms with Crippen molar-refractivity contribution in [1.82, 2.24) is 5.32 Å². The van der Waals surface area contributed by atoms with Crippen LogP contribution in [0.25, 0.3) is 0 Å². The summed E-state index contributed by atoms with van der Waals surface area (Å²) in [5.74, 6) is -0.386. The minimum atomic E-state index is -0.312. The first kappa shape index (κ1) is 17.2. The van der Waals surface area contributed by atoms with Crippen molar-refractivity contribution < 1.29 is 9.59 Å². The molecule has 2 rings (SSSR count). The van der Waals surface area contributed by atoms with Gasteiger partial charge in [-0.05, 0) is 63.2 Å². The molecule has 0 aliphatic rings. The number of nitrogens with one attached hydrogen (secondary N) is 2. The number of benzene rings is 2. The molecule has 2 aromatic rings. The highest BCUT2D eigenvalue weighted by Gasteiger charge is 2.15. The topological polar surface area (TPSA) is 58.2 Å². The average Bonchev–Trinajstić information content (AvgIpc) is 2.46. The minimum Gasteiger partial charge on any atom is -0.347 e. The molecule has 2 N–H and O–H groups in total. The van der Waals surface area contributed by atoms with Crippen LogP contribution in [0, 0.1) is 0 Å². The Bertz CT molecular complexity index is 719. The minimum absolute atomic E-state index is 0.169. The van der Waals surface area contributed by atoms with Crippen LogP contribution in [0.5, 0.6) is 0 Å². The first-order valence-corrected chi connectivity index (χ1v) is 8.03. The largest absolute Gasteiger partial charge is 0.347 e. The molecule has 0 unspecified atom stereocenters. The maximum Gasteiger partial charge on any atom is 0.255 e. The third kappa shape index (κ3) is 5.21. The van der Waals surface area contributed by atoms with Gasteiger partial charge >= 0.3 is 0 Å². The summed E-state index contributed by atoms with van der Waals surface area (Å²) in [4.78, 5) is 24.4. The Kier molecular flexibility index (Phi) is 5.21. The van der Waals surface area contributed by atoms with Crippen molar-refractivity contribution in [1.29, 1.82) is 0 Å². The van der Waals surface area contributed by atoms with E-state index in [0.29, 0.717) is 16.8 Å². The van der Waals surface area contributed by atoms with E-state index in [2.05, 4.69) is 26.6 Å². The molecule has 0 saturated heterocycles. The van der Waals surface area contributed by atoms with Gasteiger partial charge in [0.1, 0.15) is 0 Å². The van der Waals surface area contributed by atoms with Crippen LogP contribution in [0.1, 0.15) is 41.5 Å². The predicted octanol–water partition coefficient (Wildman–Crippen LogP) is 4.23. The summed E-state index contributed by atoms with van der Waals surface area (Å²) in [6.07, 6.45) is 0. The Balaban J connectivity index is 2.12. The number of hydrogen-bond acceptors (Lipinski definition) is 2. The molecule has 0 fully saturated rings. The van der Waals surface area contributed by atoms with Crippen molar-refractivity contribution in [2.45, 2.75) is 26.3 Å². The zero-order valence-electron chi connectivity index (χ0n) is 13.3. The van der Waals surface area contributed by atoms with Crippen molar-refractivity contribution in [2.75, 3.05) is 5.32 Å². The molecule has 0 aliphatic heterocycles. The van der Waals surface area contributed by atoms with Gasteiger partial charge in [0.25, 0.3) is 11.8 Å². The fourth-order valence-corrected chi connectivity index (χ4v) is 2.22. The third-order valence-corrected chi connectivity index (χ3v) is 3.51. The third-order valence-electron chi connectivity index (χ3n) is 2.98. The van der Waals surface area contributed by atoms with Crippen molar-refractivity contribution in [3.05, 3.63) is 64.1 Å². The summed E-state index contributed by atoms with van der Waals surface area (Å²) in [6.45, 7) is 5.76. The van der Waals surface area contributed by atoms with E-state index in [1.54, 1.807) is 36.4 Å². The molecule has 2 aromatic carbocycles. The van der Waals surface area contributed by atoms with Gasteiger partial charge < -0.3 is 10.6 Å². The molecule has 23 heavy (non-hydrogen) atoms. The quantitative estimate of drug-likeness (QED) is 0.844. The van der Waals surface area contributed by atoms with Gasteiger partial charge in [0.05, 0.1) is 0 Å². The monoisotopic (exact) mass is 374 g/mol. The van der Waals surface area contributed by atoms with Crippen molar-refractivity contribution in [3.63, 3.8) is 0 Å². The van der Waals surface area contributed by atoms with Crippen LogP contribution in [0.4, 0.5) is 5.69 Å². The van der Waals surface area contributed by atoms with E-state index < -0.39 is 0 Å². The lowest BCUT2D eigenvalue weighted by molar-refractivity contribution is 0.0918. The van der Waals surface area contributed by atoms with E-state index in [-0.39, 0.29) is 17.4 Å². The molecule has 0 heterocycles. The standard InChI is InChI=1S/C18H19BrN2O2/c1-18(2,3)21-17(23)13-5-4-6-15(11-13)20-16(22)12-7-9-14(19)10-8-12/h4-11H,1-3H3,(H,20,22)(H,21,23). The second kappa shape index (κ2) is 6.96. The maximum absolute atomic E-state index is 12.2. The van der Waals surface area contributed by atoms with Crippen molar-refractivity contribution >= 4 is 33.4 Å². The highest BCUT2D eigenvalue weighted by Crippen LogP contribution is 2.15. The van der Waals surface area contributed by atoms with Gasteiger partial charge in [-0.3, -0.25) is 9.59 Å². The Morgan fingerprint density at radius 2 is 1.57 bits per heavy atom. The molecule has 0 aliphatic carbocycles. The van der Waals surface area contributed by atoms with Gasteiger partial charge in [-0.15, -0.1) is 0 Å². The molecule has 0 radical (unpaired) electrons. The van der Waals surface area contributed by atoms with Crippen LogP contribution in [0.15, 0.2) is 53.0 Å². The number of amides is 2. The number of anilines is 1. The van der Waals surface area contributed by atoms with Gasteiger partial charge in [-0.2, -0.15) is 0 Å². The molecular weight excluding hydrogens is 356 g/mol. The van der Waals surface area contributed by atoms with Crippen LogP contribution in [-0.4, -0.2) is 17.4 Å². The van der Waals surface area contributed by atoms with Crippen LogP contribution >= 0.6 is 15.9 Å². The Morgan fingerprint density at radius 3 is 2.17 bits per heavy atom. The summed E-state index contributed by atoms with van der Waals surface area (Å²) >= 11 is 3.33. The SMILES string of the molecule is CC(C)(C)NC(=O)c1cccc(NC(=O)c2ccc(Br)cc2)c1. The van der Waals surface area contributed by atoms with E-state index in [9.17, 15) is 9.59 Å². The lowest BCUT2D eigenvalue weighted by atomic mass is 10.1. The van der Waals surface area contributed by atoms with Crippen molar-refractivity contribution in [2.24, 2.45) is 0 Å². The fourth-order valence-electron chi connectivity index (χ4n) is 1.96. The second-order valence-corrected chi connectivity index (χ2v) is 7.16. The molecule has 120 valence electrons. The number of carbonyl (C=O) groups excluding carboxylic acids is 2. The second-order valence-electron chi connectivity index (χ2n) is 6.25. The molecule has 4 nitrogen and oxygen atoms in total. The number of rotatable bonds is 3. The molecule has 0 saturated carbocycles. The lowest BCUT2D eigenvalue weighted by Gasteiger charge is -2.20. The van der Waals surface area contributed by atoms with Gasteiger partial charge in [-0.25, -0.2) is 0 Å².